The zero-order valence-electron chi connectivity index (χ0n) is 8.87. The van der Waals surface area contributed by atoms with Crippen LogP contribution in [0.25, 0.3) is 0 Å². The molecule has 0 aliphatic carbocycles. The molecule has 1 fully saturated rings. The van der Waals surface area contributed by atoms with Crippen molar-refractivity contribution in [2.75, 3.05) is 13.1 Å². The van der Waals surface area contributed by atoms with Gasteiger partial charge in [-0.3, -0.25) is 0 Å². The normalized spacial score (nSPS) is 18.4. The fourth-order valence-corrected chi connectivity index (χ4v) is 1.66. The molecular formula is C12H17NO2. The first kappa shape index (κ1) is 10.5. The Kier molecular flexibility index (Phi) is 4.00. The van der Waals surface area contributed by atoms with Crippen LogP contribution in [0.2, 0.25) is 0 Å². The summed E-state index contributed by atoms with van der Waals surface area (Å²) in [6.07, 6.45) is 4.22. The molecular weight excluding hydrogens is 190 g/mol. The second-order valence-electron chi connectivity index (χ2n) is 3.76. The standard InChI is InChI=1S/C7H6O2.C5H11N/c1-2-4-7-6(3-1)5-8-9-7;1-2-4-6-5-3-1/h1-4H,5H2;6H,1-5H2. The van der Waals surface area contributed by atoms with Crippen molar-refractivity contribution in [3.05, 3.63) is 29.8 Å². The molecule has 0 atom stereocenters. The number of fused-ring (bicyclic) bond motifs is 1. The van der Waals surface area contributed by atoms with Crippen LogP contribution in [0.5, 0.6) is 5.75 Å². The van der Waals surface area contributed by atoms with Crippen LogP contribution in [0.3, 0.4) is 0 Å². The number of piperidine rings is 1. The van der Waals surface area contributed by atoms with Gasteiger partial charge in [0.05, 0.1) is 0 Å². The van der Waals surface area contributed by atoms with E-state index < -0.39 is 0 Å². The zero-order valence-corrected chi connectivity index (χ0v) is 8.87. The lowest BCUT2D eigenvalue weighted by Gasteiger charge is -2.08. The van der Waals surface area contributed by atoms with E-state index in [2.05, 4.69) is 5.32 Å². The van der Waals surface area contributed by atoms with Crippen LogP contribution in [-0.2, 0) is 11.5 Å². The van der Waals surface area contributed by atoms with E-state index >= 15 is 0 Å². The molecule has 0 unspecified atom stereocenters. The van der Waals surface area contributed by atoms with Gasteiger partial charge in [-0.25, -0.2) is 0 Å². The van der Waals surface area contributed by atoms with Crippen molar-refractivity contribution in [3.8, 4) is 5.75 Å². The first-order chi connectivity index (χ1) is 7.47. The maximum Gasteiger partial charge on any atom is 0.171 e. The smallest absolute Gasteiger partial charge is 0.171 e. The van der Waals surface area contributed by atoms with Crippen LogP contribution in [0.1, 0.15) is 24.8 Å². The molecule has 1 saturated heterocycles. The van der Waals surface area contributed by atoms with Gasteiger partial charge in [-0.2, -0.15) is 4.89 Å². The Morgan fingerprint density at radius 3 is 2.40 bits per heavy atom. The molecule has 2 heterocycles. The fraction of sp³-hybridized carbons (Fsp3) is 0.500. The summed E-state index contributed by atoms with van der Waals surface area (Å²) in [6.45, 7) is 3.08. The molecule has 3 nitrogen and oxygen atoms in total. The van der Waals surface area contributed by atoms with Gasteiger partial charge in [-0.05, 0) is 32.0 Å². The van der Waals surface area contributed by atoms with Crippen molar-refractivity contribution in [3.63, 3.8) is 0 Å². The number of para-hydroxylation sites is 1. The van der Waals surface area contributed by atoms with Crippen LogP contribution in [-0.4, -0.2) is 13.1 Å². The van der Waals surface area contributed by atoms with Gasteiger partial charge in [-0.15, -0.1) is 0 Å². The molecule has 0 spiro atoms. The van der Waals surface area contributed by atoms with Gasteiger partial charge >= 0.3 is 0 Å². The highest BCUT2D eigenvalue weighted by Crippen LogP contribution is 2.24. The summed E-state index contributed by atoms with van der Waals surface area (Å²) < 4.78 is 0. The number of hydrogen-bond acceptors (Lipinski definition) is 3. The lowest BCUT2D eigenvalue weighted by atomic mass is 10.2. The molecule has 1 aromatic carbocycles. The van der Waals surface area contributed by atoms with Gasteiger partial charge in [-0.1, -0.05) is 24.6 Å². The van der Waals surface area contributed by atoms with E-state index in [1.54, 1.807) is 0 Å². The van der Waals surface area contributed by atoms with Crippen molar-refractivity contribution < 1.29 is 9.78 Å². The summed E-state index contributed by atoms with van der Waals surface area (Å²) in [5.74, 6) is 0.845. The first-order valence-corrected chi connectivity index (χ1v) is 5.55. The van der Waals surface area contributed by atoms with Gasteiger partial charge in [0.1, 0.15) is 6.61 Å². The van der Waals surface area contributed by atoms with E-state index in [9.17, 15) is 0 Å². The Morgan fingerprint density at radius 2 is 1.80 bits per heavy atom. The van der Waals surface area contributed by atoms with Gasteiger partial charge in [0.2, 0.25) is 0 Å². The molecule has 0 amide bonds. The minimum Gasteiger partial charge on any atom is -0.337 e. The summed E-state index contributed by atoms with van der Waals surface area (Å²) in [5, 5.41) is 3.28. The van der Waals surface area contributed by atoms with E-state index in [-0.39, 0.29) is 0 Å². The Hall–Kier alpha value is -1.06. The summed E-state index contributed by atoms with van der Waals surface area (Å²) >= 11 is 0. The van der Waals surface area contributed by atoms with Crippen LogP contribution in [0.4, 0.5) is 0 Å². The Bertz CT molecular complexity index is 263. The topological polar surface area (TPSA) is 30.5 Å². The molecule has 0 aromatic heterocycles. The van der Waals surface area contributed by atoms with E-state index in [4.69, 9.17) is 9.78 Å². The monoisotopic (exact) mass is 207 g/mol. The predicted molar refractivity (Wildman–Crippen MR) is 58.6 cm³/mol. The molecule has 1 aromatic rings. The first-order valence-electron chi connectivity index (χ1n) is 5.55. The zero-order chi connectivity index (χ0) is 10.3. The minimum atomic E-state index is 0.580. The van der Waals surface area contributed by atoms with E-state index in [1.165, 1.54) is 32.4 Å². The Labute approximate surface area is 90.3 Å². The average molecular weight is 207 g/mol. The third kappa shape index (κ3) is 3.22. The molecule has 3 rings (SSSR count). The van der Waals surface area contributed by atoms with Crippen molar-refractivity contribution in [2.24, 2.45) is 0 Å². The predicted octanol–water partition coefficient (Wildman–Crippen LogP) is 2.27. The van der Waals surface area contributed by atoms with Crippen molar-refractivity contribution in [1.29, 1.82) is 0 Å². The minimum absolute atomic E-state index is 0.580. The lowest BCUT2D eigenvalue weighted by molar-refractivity contribution is -0.194. The highest BCUT2D eigenvalue weighted by molar-refractivity contribution is 5.33. The molecule has 2 aliphatic heterocycles. The van der Waals surface area contributed by atoms with Gasteiger partial charge in [0, 0.05) is 5.56 Å². The highest BCUT2D eigenvalue weighted by atomic mass is 17.2. The molecule has 15 heavy (non-hydrogen) atoms. The molecule has 1 N–H and O–H groups in total. The maximum atomic E-state index is 4.80. The molecule has 0 radical (unpaired) electrons. The van der Waals surface area contributed by atoms with Crippen LogP contribution in [0.15, 0.2) is 24.3 Å². The number of hydrogen-bond donors (Lipinski definition) is 1. The molecule has 82 valence electrons. The number of nitrogens with one attached hydrogen (secondary N) is 1. The molecule has 0 bridgehead atoms. The Balaban J connectivity index is 0.000000124. The van der Waals surface area contributed by atoms with E-state index in [1.807, 2.05) is 24.3 Å². The second kappa shape index (κ2) is 5.73. The van der Waals surface area contributed by atoms with Crippen LogP contribution in [0, 0.1) is 0 Å². The third-order valence-corrected chi connectivity index (χ3v) is 2.54. The van der Waals surface area contributed by atoms with E-state index in [0.29, 0.717) is 6.61 Å². The van der Waals surface area contributed by atoms with Crippen molar-refractivity contribution in [1.82, 2.24) is 5.32 Å². The Morgan fingerprint density at radius 1 is 1.00 bits per heavy atom. The third-order valence-electron chi connectivity index (χ3n) is 2.54. The SMILES string of the molecule is C1CCNCC1.c1ccc2c(c1)COO2. The quantitative estimate of drug-likeness (QED) is 0.662. The van der Waals surface area contributed by atoms with Crippen LogP contribution < -0.4 is 10.2 Å². The summed E-state index contributed by atoms with van der Waals surface area (Å²) in [5.41, 5.74) is 1.12. The molecule has 3 heteroatoms. The summed E-state index contributed by atoms with van der Waals surface area (Å²) in [4.78, 5) is 9.51. The number of benzene rings is 1. The van der Waals surface area contributed by atoms with E-state index in [0.717, 1.165) is 11.3 Å². The van der Waals surface area contributed by atoms with Crippen LogP contribution >= 0.6 is 0 Å². The fourth-order valence-electron chi connectivity index (χ4n) is 1.66. The van der Waals surface area contributed by atoms with Crippen molar-refractivity contribution in [2.45, 2.75) is 25.9 Å². The molecule has 0 saturated carbocycles. The lowest BCUT2D eigenvalue weighted by Crippen LogP contribution is -2.21. The van der Waals surface area contributed by atoms with Gasteiger partial charge < -0.3 is 10.2 Å². The second-order valence-corrected chi connectivity index (χ2v) is 3.76. The average Bonchev–Trinajstić information content (AvgIpc) is 2.80. The maximum absolute atomic E-state index is 4.80. The number of rotatable bonds is 0. The van der Waals surface area contributed by atoms with Gasteiger partial charge in [0.15, 0.2) is 5.75 Å². The van der Waals surface area contributed by atoms with Crippen molar-refractivity contribution >= 4 is 0 Å². The van der Waals surface area contributed by atoms with Gasteiger partial charge in [0.25, 0.3) is 0 Å². The summed E-state index contributed by atoms with van der Waals surface area (Å²) in [6, 6.07) is 7.77. The molecule has 2 aliphatic rings. The summed E-state index contributed by atoms with van der Waals surface area (Å²) in [7, 11) is 0. The highest BCUT2D eigenvalue weighted by Gasteiger charge is 2.10. The largest absolute Gasteiger partial charge is 0.337 e.